The van der Waals surface area contributed by atoms with E-state index in [1.807, 2.05) is 26.0 Å². The Morgan fingerprint density at radius 2 is 1.55 bits per heavy atom. The Kier molecular flexibility index (Phi) is 8.05. The van der Waals surface area contributed by atoms with E-state index in [9.17, 15) is 14.4 Å². The van der Waals surface area contributed by atoms with E-state index in [1.54, 1.807) is 60.7 Å². The van der Waals surface area contributed by atoms with Crippen molar-refractivity contribution in [2.24, 2.45) is 0 Å². The average Bonchev–Trinajstić information content (AvgIpc) is 2.81. The van der Waals surface area contributed by atoms with Crippen molar-refractivity contribution in [2.45, 2.75) is 19.9 Å². The van der Waals surface area contributed by atoms with Crippen molar-refractivity contribution in [1.29, 1.82) is 0 Å². The second-order valence-electron chi connectivity index (χ2n) is 7.33. The molecule has 7 nitrogen and oxygen atoms in total. The van der Waals surface area contributed by atoms with Gasteiger partial charge >= 0.3 is 6.03 Å². The van der Waals surface area contributed by atoms with Crippen LogP contribution in [-0.2, 0) is 4.79 Å². The average molecular weight is 465 g/mol. The lowest BCUT2D eigenvalue weighted by molar-refractivity contribution is -0.118. The molecule has 4 amide bonds. The zero-order valence-corrected chi connectivity index (χ0v) is 19.1. The second-order valence-corrected chi connectivity index (χ2v) is 7.74. The number of nitrogens with one attached hydrogen (secondary N) is 4. The van der Waals surface area contributed by atoms with E-state index < -0.39 is 17.9 Å². The maximum Gasteiger partial charge on any atom is 0.319 e. The number of carbonyl (C=O) groups excluding carboxylic acids is 3. The van der Waals surface area contributed by atoms with Crippen molar-refractivity contribution >= 4 is 40.8 Å². The molecule has 3 rings (SSSR count). The first-order valence-electron chi connectivity index (χ1n) is 10.4. The lowest BCUT2D eigenvalue weighted by Crippen LogP contribution is -2.37. The van der Waals surface area contributed by atoms with Crippen LogP contribution >= 0.6 is 11.6 Å². The molecule has 4 N–H and O–H groups in total. The highest BCUT2D eigenvalue weighted by Gasteiger charge is 2.23. The summed E-state index contributed by atoms with van der Waals surface area (Å²) in [4.78, 5) is 37.6. The van der Waals surface area contributed by atoms with Gasteiger partial charge in [-0.05, 0) is 61.4 Å². The SMILES string of the molecule is CCNC(=O)Nc1ccc(C(=O)NC(C(=O)Nc2ccc(C)c(Cl)c2)c2ccccc2)cc1. The summed E-state index contributed by atoms with van der Waals surface area (Å²) in [5.74, 6) is -0.825. The molecule has 0 radical (unpaired) electrons. The molecule has 0 aromatic heterocycles. The van der Waals surface area contributed by atoms with E-state index in [1.165, 1.54) is 0 Å². The van der Waals surface area contributed by atoms with Crippen LogP contribution in [0.25, 0.3) is 0 Å². The molecule has 0 aliphatic rings. The number of benzene rings is 3. The minimum absolute atomic E-state index is 0.327. The smallest absolute Gasteiger partial charge is 0.319 e. The zero-order chi connectivity index (χ0) is 23.8. The fraction of sp³-hybridized carbons (Fsp3) is 0.160. The van der Waals surface area contributed by atoms with E-state index in [0.717, 1.165) is 5.56 Å². The molecule has 0 saturated heterocycles. The summed E-state index contributed by atoms with van der Waals surface area (Å²) < 4.78 is 0. The summed E-state index contributed by atoms with van der Waals surface area (Å²) in [7, 11) is 0. The Hall–Kier alpha value is -3.84. The van der Waals surface area contributed by atoms with Gasteiger partial charge in [-0.3, -0.25) is 9.59 Å². The molecule has 33 heavy (non-hydrogen) atoms. The third kappa shape index (κ3) is 6.57. The summed E-state index contributed by atoms with van der Waals surface area (Å²) in [5.41, 5.74) is 2.96. The minimum Gasteiger partial charge on any atom is -0.338 e. The molecule has 0 aliphatic heterocycles. The standard InChI is InChI=1S/C25H25ClN4O3/c1-3-27-25(33)29-19-13-10-18(11-14-19)23(31)30-22(17-7-5-4-6-8-17)24(32)28-20-12-9-16(2)21(26)15-20/h4-15,22H,3H2,1-2H3,(H,28,32)(H,30,31)(H2,27,29,33). The first-order valence-corrected chi connectivity index (χ1v) is 10.8. The monoisotopic (exact) mass is 464 g/mol. The lowest BCUT2D eigenvalue weighted by atomic mass is 10.0. The van der Waals surface area contributed by atoms with E-state index in [2.05, 4.69) is 21.3 Å². The minimum atomic E-state index is -0.924. The van der Waals surface area contributed by atoms with Gasteiger partial charge in [0.1, 0.15) is 6.04 Å². The van der Waals surface area contributed by atoms with Crippen LogP contribution in [-0.4, -0.2) is 24.4 Å². The third-order valence-electron chi connectivity index (χ3n) is 4.85. The number of carbonyl (C=O) groups is 3. The number of anilines is 2. The highest BCUT2D eigenvalue weighted by Crippen LogP contribution is 2.22. The van der Waals surface area contributed by atoms with Crippen molar-refractivity contribution in [3.05, 3.63) is 94.5 Å². The Balaban J connectivity index is 1.76. The van der Waals surface area contributed by atoms with Crippen molar-refractivity contribution in [3.8, 4) is 0 Å². The number of halogens is 1. The van der Waals surface area contributed by atoms with Gasteiger partial charge in [-0.2, -0.15) is 0 Å². The molecular weight excluding hydrogens is 440 g/mol. The van der Waals surface area contributed by atoms with Gasteiger partial charge in [0.05, 0.1) is 0 Å². The lowest BCUT2D eigenvalue weighted by Gasteiger charge is -2.19. The summed E-state index contributed by atoms with van der Waals surface area (Å²) >= 11 is 6.17. The third-order valence-corrected chi connectivity index (χ3v) is 5.26. The molecule has 0 aliphatic carbocycles. The number of hydrogen-bond acceptors (Lipinski definition) is 3. The highest BCUT2D eigenvalue weighted by atomic mass is 35.5. The van der Waals surface area contributed by atoms with E-state index >= 15 is 0 Å². The molecule has 0 bridgehead atoms. The molecule has 0 heterocycles. The van der Waals surface area contributed by atoms with Crippen LogP contribution in [0.4, 0.5) is 16.2 Å². The fourth-order valence-electron chi connectivity index (χ4n) is 3.09. The van der Waals surface area contributed by atoms with Crippen molar-refractivity contribution in [2.75, 3.05) is 17.2 Å². The summed E-state index contributed by atoms with van der Waals surface area (Å²) in [6.45, 7) is 4.20. The summed E-state index contributed by atoms with van der Waals surface area (Å²) in [6, 6.07) is 19.3. The largest absolute Gasteiger partial charge is 0.338 e. The van der Waals surface area contributed by atoms with Crippen molar-refractivity contribution < 1.29 is 14.4 Å². The number of amides is 4. The molecule has 3 aromatic carbocycles. The highest BCUT2D eigenvalue weighted by molar-refractivity contribution is 6.31. The Morgan fingerprint density at radius 3 is 2.18 bits per heavy atom. The van der Waals surface area contributed by atoms with Crippen LogP contribution < -0.4 is 21.3 Å². The molecule has 1 atom stereocenters. The summed E-state index contributed by atoms with van der Waals surface area (Å²) in [6.07, 6.45) is 0. The van der Waals surface area contributed by atoms with Crippen LogP contribution in [0.3, 0.4) is 0 Å². The quantitative estimate of drug-likeness (QED) is 0.400. The van der Waals surface area contributed by atoms with Gasteiger partial charge in [-0.1, -0.05) is 48.0 Å². The van der Waals surface area contributed by atoms with E-state index in [4.69, 9.17) is 11.6 Å². The van der Waals surface area contributed by atoms with Gasteiger partial charge in [0.25, 0.3) is 11.8 Å². The van der Waals surface area contributed by atoms with Crippen molar-refractivity contribution in [1.82, 2.24) is 10.6 Å². The maximum atomic E-state index is 13.1. The Morgan fingerprint density at radius 1 is 0.879 bits per heavy atom. The number of aryl methyl sites for hydroxylation is 1. The molecule has 8 heteroatoms. The molecular formula is C25H25ClN4O3. The van der Waals surface area contributed by atoms with Gasteiger partial charge in [0.2, 0.25) is 0 Å². The normalized spacial score (nSPS) is 11.2. The summed E-state index contributed by atoms with van der Waals surface area (Å²) in [5, 5.41) is 11.4. The number of rotatable bonds is 7. The fourth-order valence-corrected chi connectivity index (χ4v) is 3.27. The van der Waals surface area contributed by atoms with E-state index in [0.29, 0.717) is 34.1 Å². The van der Waals surface area contributed by atoms with Gasteiger partial charge in [-0.15, -0.1) is 0 Å². The van der Waals surface area contributed by atoms with Crippen LogP contribution in [0.1, 0.15) is 34.5 Å². The molecule has 3 aromatic rings. The molecule has 0 fully saturated rings. The van der Waals surface area contributed by atoms with Gasteiger partial charge in [0.15, 0.2) is 0 Å². The van der Waals surface area contributed by atoms with Gasteiger partial charge in [0, 0.05) is 28.5 Å². The van der Waals surface area contributed by atoms with E-state index in [-0.39, 0.29) is 6.03 Å². The Labute approximate surface area is 197 Å². The first-order chi connectivity index (χ1) is 15.9. The van der Waals surface area contributed by atoms with Gasteiger partial charge < -0.3 is 21.3 Å². The molecule has 0 spiro atoms. The number of hydrogen-bond donors (Lipinski definition) is 4. The maximum absolute atomic E-state index is 13.1. The van der Waals surface area contributed by atoms with Crippen LogP contribution in [0.5, 0.6) is 0 Å². The molecule has 170 valence electrons. The predicted molar refractivity (Wildman–Crippen MR) is 131 cm³/mol. The second kappa shape index (κ2) is 11.2. The molecule has 1 unspecified atom stereocenters. The van der Waals surface area contributed by atoms with Crippen LogP contribution in [0.15, 0.2) is 72.8 Å². The Bertz CT molecular complexity index is 1130. The van der Waals surface area contributed by atoms with Crippen LogP contribution in [0, 0.1) is 6.92 Å². The van der Waals surface area contributed by atoms with Crippen LogP contribution in [0.2, 0.25) is 5.02 Å². The number of urea groups is 1. The predicted octanol–water partition coefficient (Wildman–Crippen LogP) is 4.90. The van der Waals surface area contributed by atoms with Crippen molar-refractivity contribution in [3.63, 3.8) is 0 Å². The molecule has 0 saturated carbocycles. The topological polar surface area (TPSA) is 99.3 Å². The zero-order valence-electron chi connectivity index (χ0n) is 18.3. The first kappa shape index (κ1) is 23.8. The van der Waals surface area contributed by atoms with Gasteiger partial charge in [-0.25, -0.2) is 4.79 Å².